The zero-order valence-corrected chi connectivity index (χ0v) is 8.47. The Bertz CT molecular complexity index is 337. The first kappa shape index (κ1) is 9.90. The van der Waals surface area contributed by atoms with Crippen LogP contribution in [-0.4, -0.2) is 24.0 Å². The number of rotatable bonds is 2. The first-order valence-electron chi connectivity index (χ1n) is 4.57. The average Bonchev–Trinajstić information content (AvgIpc) is 2.09. The van der Waals surface area contributed by atoms with Crippen molar-refractivity contribution in [2.24, 2.45) is 5.73 Å². The highest BCUT2D eigenvalue weighted by molar-refractivity contribution is 6.30. The molecule has 0 aliphatic carbocycles. The first-order valence-corrected chi connectivity index (χ1v) is 4.95. The molecule has 0 amide bonds. The maximum atomic E-state index is 13.3. The molecule has 0 radical (unpaired) electrons. The highest BCUT2D eigenvalue weighted by Gasteiger charge is 2.23. The molecule has 1 aliphatic heterocycles. The molecule has 0 bridgehead atoms. The van der Waals surface area contributed by atoms with Crippen molar-refractivity contribution < 1.29 is 4.39 Å². The fourth-order valence-corrected chi connectivity index (χ4v) is 1.84. The van der Waals surface area contributed by atoms with Gasteiger partial charge in [-0.05, 0) is 18.2 Å². The molecule has 1 saturated heterocycles. The summed E-state index contributed by atoms with van der Waals surface area (Å²) in [5, 5.41) is 0.575. The molecule has 14 heavy (non-hydrogen) atoms. The predicted octanol–water partition coefficient (Wildman–Crippen LogP) is 1.62. The lowest BCUT2D eigenvalue weighted by atomic mass is 10.1. The van der Waals surface area contributed by atoms with Gasteiger partial charge >= 0.3 is 0 Å². The summed E-state index contributed by atoms with van der Waals surface area (Å²) in [6, 6.07) is 4.87. The number of benzene rings is 1. The molecule has 1 aromatic rings. The minimum atomic E-state index is -0.199. The minimum Gasteiger partial charge on any atom is -0.325 e. The maximum absolute atomic E-state index is 13.3. The molecule has 0 spiro atoms. The van der Waals surface area contributed by atoms with E-state index in [1.165, 1.54) is 6.07 Å². The van der Waals surface area contributed by atoms with E-state index >= 15 is 0 Å². The quantitative estimate of drug-likeness (QED) is 0.811. The molecular formula is C10H12ClFN2. The molecule has 0 aromatic heterocycles. The summed E-state index contributed by atoms with van der Waals surface area (Å²) in [5.41, 5.74) is 6.27. The standard InChI is InChI=1S/C10H12ClFN2/c11-8-1-2-10(12)7(3-8)4-14-5-9(13)6-14/h1-3,9H,4-6,13H2. The van der Waals surface area contributed by atoms with Crippen molar-refractivity contribution in [1.82, 2.24) is 4.90 Å². The molecule has 1 aliphatic rings. The normalized spacial score (nSPS) is 18.2. The predicted molar refractivity (Wildman–Crippen MR) is 54.7 cm³/mol. The second kappa shape index (κ2) is 3.85. The van der Waals surface area contributed by atoms with Crippen LogP contribution < -0.4 is 5.73 Å². The van der Waals surface area contributed by atoms with E-state index in [4.69, 9.17) is 17.3 Å². The molecule has 2 nitrogen and oxygen atoms in total. The van der Waals surface area contributed by atoms with E-state index in [1.807, 2.05) is 0 Å². The van der Waals surface area contributed by atoms with Gasteiger partial charge in [-0.15, -0.1) is 0 Å². The van der Waals surface area contributed by atoms with Crippen LogP contribution in [-0.2, 0) is 6.54 Å². The summed E-state index contributed by atoms with van der Waals surface area (Å²) in [4.78, 5) is 2.10. The van der Waals surface area contributed by atoms with E-state index in [1.54, 1.807) is 12.1 Å². The van der Waals surface area contributed by atoms with Crippen molar-refractivity contribution in [3.63, 3.8) is 0 Å². The van der Waals surface area contributed by atoms with Crippen molar-refractivity contribution in [1.29, 1.82) is 0 Å². The van der Waals surface area contributed by atoms with Gasteiger partial charge in [-0.2, -0.15) is 0 Å². The smallest absolute Gasteiger partial charge is 0.127 e. The molecule has 0 saturated carbocycles. The van der Waals surface area contributed by atoms with Gasteiger partial charge in [0, 0.05) is 36.3 Å². The number of nitrogens with two attached hydrogens (primary N) is 1. The Balaban J connectivity index is 2.05. The van der Waals surface area contributed by atoms with E-state index in [2.05, 4.69) is 4.90 Å². The summed E-state index contributed by atoms with van der Waals surface area (Å²) in [7, 11) is 0. The summed E-state index contributed by atoms with van der Waals surface area (Å²) >= 11 is 5.78. The number of hydrogen-bond acceptors (Lipinski definition) is 2. The fourth-order valence-electron chi connectivity index (χ4n) is 1.64. The third kappa shape index (κ3) is 2.05. The van der Waals surface area contributed by atoms with Gasteiger partial charge in [0.05, 0.1) is 0 Å². The van der Waals surface area contributed by atoms with Crippen LogP contribution in [0, 0.1) is 5.82 Å². The van der Waals surface area contributed by atoms with Crippen molar-refractivity contribution in [2.75, 3.05) is 13.1 Å². The summed E-state index contributed by atoms with van der Waals surface area (Å²) in [6.45, 7) is 2.28. The van der Waals surface area contributed by atoms with E-state index in [-0.39, 0.29) is 11.9 Å². The van der Waals surface area contributed by atoms with Crippen molar-refractivity contribution >= 4 is 11.6 Å². The third-order valence-electron chi connectivity index (χ3n) is 2.39. The highest BCUT2D eigenvalue weighted by atomic mass is 35.5. The van der Waals surface area contributed by atoms with Crippen LogP contribution in [0.2, 0.25) is 5.02 Å². The molecule has 1 aromatic carbocycles. The molecular weight excluding hydrogens is 203 g/mol. The van der Waals surface area contributed by atoms with Gasteiger partial charge in [0.1, 0.15) is 5.82 Å². The zero-order valence-electron chi connectivity index (χ0n) is 7.71. The average molecular weight is 215 g/mol. The van der Waals surface area contributed by atoms with Gasteiger partial charge in [0.2, 0.25) is 0 Å². The van der Waals surface area contributed by atoms with Crippen LogP contribution in [0.4, 0.5) is 4.39 Å². The van der Waals surface area contributed by atoms with Gasteiger partial charge < -0.3 is 5.73 Å². The number of nitrogens with zero attached hydrogens (tertiary/aromatic N) is 1. The summed E-state index contributed by atoms with van der Waals surface area (Å²) < 4.78 is 13.3. The fraction of sp³-hybridized carbons (Fsp3) is 0.400. The Morgan fingerprint density at radius 3 is 2.86 bits per heavy atom. The van der Waals surface area contributed by atoms with Crippen molar-refractivity contribution in [3.8, 4) is 0 Å². The topological polar surface area (TPSA) is 29.3 Å². The van der Waals surface area contributed by atoms with E-state index in [0.717, 1.165) is 13.1 Å². The van der Waals surface area contributed by atoms with Crippen LogP contribution in [0.25, 0.3) is 0 Å². The van der Waals surface area contributed by atoms with Crippen molar-refractivity contribution in [3.05, 3.63) is 34.6 Å². The molecule has 76 valence electrons. The Kier molecular flexibility index (Phi) is 2.72. The highest BCUT2D eigenvalue weighted by Crippen LogP contribution is 2.18. The Morgan fingerprint density at radius 2 is 2.21 bits per heavy atom. The van der Waals surface area contributed by atoms with Gasteiger partial charge in [0.25, 0.3) is 0 Å². The number of likely N-dealkylation sites (tertiary alicyclic amines) is 1. The number of hydrogen-bond donors (Lipinski definition) is 1. The van der Waals surface area contributed by atoms with Gasteiger partial charge in [-0.1, -0.05) is 11.6 Å². The molecule has 2 N–H and O–H groups in total. The Morgan fingerprint density at radius 1 is 1.50 bits per heavy atom. The van der Waals surface area contributed by atoms with Crippen molar-refractivity contribution in [2.45, 2.75) is 12.6 Å². The first-order chi connectivity index (χ1) is 6.65. The zero-order chi connectivity index (χ0) is 10.1. The summed E-state index contributed by atoms with van der Waals surface area (Å²) in [6.07, 6.45) is 0. The molecule has 1 heterocycles. The molecule has 4 heteroatoms. The molecule has 0 atom stereocenters. The van der Waals surface area contributed by atoms with E-state index in [9.17, 15) is 4.39 Å². The lowest BCUT2D eigenvalue weighted by Gasteiger charge is -2.36. The maximum Gasteiger partial charge on any atom is 0.127 e. The van der Waals surface area contributed by atoms with Gasteiger partial charge in [0.15, 0.2) is 0 Å². The van der Waals surface area contributed by atoms with Crippen LogP contribution >= 0.6 is 11.6 Å². The number of halogens is 2. The third-order valence-corrected chi connectivity index (χ3v) is 2.62. The second-order valence-electron chi connectivity index (χ2n) is 3.69. The molecule has 0 unspecified atom stereocenters. The van der Waals surface area contributed by atoms with E-state index in [0.29, 0.717) is 17.1 Å². The van der Waals surface area contributed by atoms with Crippen LogP contribution in [0.3, 0.4) is 0 Å². The van der Waals surface area contributed by atoms with Gasteiger partial charge in [-0.25, -0.2) is 4.39 Å². The second-order valence-corrected chi connectivity index (χ2v) is 4.13. The molecule has 1 fully saturated rings. The van der Waals surface area contributed by atoms with Crippen LogP contribution in [0.5, 0.6) is 0 Å². The largest absolute Gasteiger partial charge is 0.325 e. The Hall–Kier alpha value is -0.640. The Labute approximate surface area is 87.5 Å². The van der Waals surface area contributed by atoms with Crippen LogP contribution in [0.15, 0.2) is 18.2 Å². The minimum absolute atomic E-state index is 0.199. The molecule has 2 rings (SSSR count). The SMILES string of the molecule is NC1CN(Cc2cc(Cl)ccc2F)C1. The lowest BCUT2D eigenvalue weighted by Crippen LogP contribution is -2.54. The van der Waals surface area contributed by atoms with Gasteiger partial charge in [-0.3, -0.25) is 4.90 Å². The van der Waals surface area contributed by atoms with E-state index < -0.39 is 0 Å². The summed E-state index contributed by atoms with van der Waals surface area (Å²) in [5.74, 6) is -0.199. The lowest BCUT2D eigenvalue weighted by molar-refractivity contribution is 0.140. The monoisotopic (exact) mass is 214 g/mol. The van der Waals surface area contributed by atoms with Crippen LogP contribution in [0.1, 0.15) is 5.56 Å².